The molecule has 0 spiro atoms. The number of nitrogens with one attached hydrogen (secondary N) is 1. The van der Waals surface area contributed by atoms with Crippen LogP contribution in [0.5, 0.6) is 5.75 Å². The highest BCUT2D eigenvalue weighted by Gasteiger charge is 2.16. The van der Waals surface area contributed by atoms with Crippen LogP contribution in [0.3, 0.4) is 0 Å². The smallest absolute Gasteiger partial charge is 0.224 e. The second-order valence-electron chi connectivity index (χ2n) is 5.89. The van der Waals surface area contributed by atoms with Crippen molar-refractivity contribution in [2.75, 3.05) is 11.9 Å². The minimum atomic E-state index is -0.323. The molecule has 6 heteroatoms. The van der Waals surface area contributed by atoms with E-state index in [1.54, 1.807) is 19.9 Å². The molecule has 0 aliphatic heterocycles. The zero-order valence-electron chi connectivity index (χ0n) is 14.3. The Morgan fingerprint density at radius 1 is 1.20 bits per heavy atom. The summed E-state index contributed by atoms with van der Waals surface area (Å²) in [7, 11) is 0. The van der Waals surface area contributed by atoms with Gasteiger partial charge in [-0.1, -0.05) is 13.8 Å². The molecule has 0 fully saturated rings. The molecular formula is C19H21FN2O3. The molecule has 0 saturated carbocycles. The Balaban J connectivity index is 1.82. The Morgan fingerprint density at radius 2 is 1.92 bits per heavy atom. The van der Waals surface area contributed by atoms with E-state index in [0.717, 1.165) is 0 Å². The topological polar surface area (TPSA) is 68.3 Å². The van der Waals surface area contributed by atoms with E-state index in [-0.39, 0.29) is 29.8 Å². The van der Waals surface area contributed by atoms with Gasteiger partial charge in [0.1, 0.15) is 11.6 Å². The quantitative estimate of drug-likeness (QED) is 0.583. The average molecular weight is 344 g/mol. The number of aromatic nitrogens is 1. The molecule has 1 amide bonds. The van der Waals surface area contributed by atoms with Crippen molar-refractivity contribution in [1.82, 2.24) is 4.98 Å². The SMILES string of the molecule is CC(C)C(=O)c1cnccc1NC(=O)CCCOc1ccc(F)cc1. The standard InChI is InChI=1S/C19H21FN2O3/c1-13(2)19(24)16-12-21-10-9-17(16)22-18(23)4-3-11-25-15-7-5-14(20)6-8-15/h5-10,12-13H,3-4,11H2,1-2H3,(H,21,22,23). The van der Waals surface area contributed by atoms with E-state index < -0.39 is 0 Å². The number of nitrogens with zero attached hydrogens (tertiary/aromatic N) is 1. The first kappa shape index (κ1) is 18.6. The summed E-state index contributed by atoms with van der Waals surface area (Å²) in [5.41, 5.74) is 0.881. The highest BCUT2D eigenvalue weighted by molar-refractivity contribution is 6.05. The maximum Gasteiger partial charge on any atom is 0.224 e. The highest BCUT2D eigenvalue weighted by Crippen LogP contribution is 2.18. The van der Waals surface area contributed by atoms with Gasteiger partial charge in [-0.2, -0.15) is 0 Å². The first-order chi connectivity index (χ1) is 12.0. The lowest BCUT2D eigenvalue weighted by molar-refractivity contribution is -0.116. The highest BCUT2D eigenvalue weighted by atomic mass is 19.1. The van der Waals surface area contributed by atoms with Gasteiger partial charge < -0.3 is 10.1 Å². The van der Waals surface area contributed by atoms with Crippen LogP contribution >= 0.6 is 0 Å². The Labute approximate surface area is 146 Å². The number of carbonyl (C=O) groups excluding carboxylic acids is 2. The monoisotopic (exact) mass is 344 g/mol. The van der Waals surface area contributed by atoms with Gasteiger partial charge in [-0.3, -0.25) is 14.6 Å². The summed E-state index contributed by atoms with van der Waals surface area (Å²) in [4.78, 5) is 28.2. The minimum Gasteiger partial charge on any atom is -0.494 e. The van der Waals surface area contributed by atoms with Crippen molar-refractivity contribution in [3.05, 3.63) is 54.1 Å². The van der Waals surface area contributed by atoms with Gasteiger partial charge in [0.05, 0.1) is 17.9 Å². The molecular weight excluding hydrogens is 323 g/mol. The lowest BCUT2D eigenvalue weighted by Gasteiger charge is -2.11. The van der Waals surface area contributed by atoms with Crippen LogP contribution in [0.1, 0.15) is 37.0 Å². The largest absolute Gasteiger partial charge is 0.494 e. The second-order valence-corrected chi connectivity index (χ2v) is 5.89. The number of hydrogen-bond acceptors (Lipinski definition) is 4. The summed E-state index contributed by atoms with van der Waals surface area (Å²) in [5, 5.41) is 2.75. The normalized spacial score (nSPS) is 10.6. The number of pyridine rings is 1. The molecule has 2 aromatic rings. The van der Waals surface area contributed by atoms with E-state index in [9.17, 15) is 14.0 Å². The van der Waals surface area contributed by atoms with Crippen molar-refractivity contribution in [1.29, 1.82) is 0 Å². The van der Waals surface area contributed by atoms with Crippen LogP contribution in [0.25, 0.3) is 0 Å². The number of ether oxygens (including phenoxy) is 1. The van der Waals surface area contributed by atoms with Crippen LogP contribution < -0.4 is 10.1 Å². The molecule has 25 heavy (non-hydrogen) atoms. The molecule has 0 radical (unpaired) electrons. The van der Waals surface area contributed by atoms with Crippen molar-refractivity contribution in [2.24, 2.45) is 5.92 Å². The fourth-order valence-electron chi connectivity index (χ4n) is 2.18. The molecule has 0 saturated heterocycles. The fraction of sp³-hybridized carbons (Fsp3) is 0.316. The van der Waals surface area contributed by atoms with Crippen molar-refractivity contribution in [3.8, 4) is 5.75 Å². The molecule has 2 rings (SSSR count). The Morgan fingerprint density at radius 3 is 2.60 bits per heavy atom. The second kappa shape index (κ2) is 8.92. The zero-order valence-corrected chi connectivity index (χ0v) is 14.3. The van der Waals surface area contributed by atoms with Gasteiger partial charge in [0.2, 0.25) is 5.91 Å². The summed E-state index contributed by atoms with van der Waals surface area (Å²) in [5.74, 6) is -0.213. The summed E-state index contributed by atoms with van der Waals surface area (Å²) in [6, 6.07) is 7.33. The van der Waals surface area contributed by atoms with Crippen LogP contribution in [-0.2, 0) is 4.79 Å². The number of halogens is 1. The van der Waals surface area contributed by atoms with Crippen LogP contribution in [0.2, 0.25) is 0 Å². The fourth-order valence-corrected chi connectivity index (χ4v) is 2.18. The third kappa shape index (κ3) is 5.67. The van der Waals surface area contributed by atoms with Gasteiger partial charge >= 0.3 is 0 Å². The predicted octanol–water partition coefficient (Wildman–Crippen LogP) is 3.86. The number of rotatable bonds is 8. The predicted molar refractivity (Wildman–Crippen MR) is 93.2 cm³/mol. The molecule has 5 nitrogen and oxygen atoms in total. The van der Waals surface area contributed by atoms with Gasteiger partial charge in [0.25, 0.3) is 0 Å². The van der Waals surface area contributed by atoms with E-state index in [1.165, 1.54) is 36.7 Å². The molecule has 0 atom stereocenters. The van der Waals surface area contributed by atoms with Gasteiger partial charge in [0.15, 0.2) is 5.78 Å². The van der Waals surface area contributed by atoms with E-state index in [1.807, 2.05) is 0 Å². The van der Waals surface area contributed by atoms with E-state index in [2.05, 4.69) is 10.3 Å². The number of amides is 1. The summed E-state index contributed by atoms with van der Waals surface area (Å²) >= 11 is 0. The van der Waals surface area contributed by atoms with Crippen molar-refractivity contribution in [2.45, 2.75) is 26.7 Å². The zero-order chi connectivity index (χ0) is 18.2. The van der Waals surface area contributed by atoms with Crippen LogP contribution in [0.4, 0.5) is 10.1 Å². The molecule has 1 aromatic carbocycles. The molecule has 1 aromatic heterocycles. The number of hydrogen-bond donors (Lipinski definition) is 1. The van der Waals surface area contributed by atoms with Crippen molar-refractivity contribution in [3.63, 3.8) is 0 Å². The molecule has 0 bridgehead atoms. The maximum atomic E-state index is 12.8. The Hall–Kier alpha value is -2.76. The van der Waals surface area contributed by atoms with Gasteiger partial charge in [0, 0.05) is 24.7 Å². The lowest BCUT2D eigenvalue weighted by atomic mass is 10.0. The van der Waals surface area contributed by atoms with Gasteiger partial charge in [-0.25, -0.2) is 4.39 Å². The summed E-state index contributed by atoms with van der Waals surface area (Å²) < 4.78 is 18.2. The van der Waals surface area contributed by atoms with Gasteiger partial charge in [-0.05, 0) is 36.8 Å². The first-order valence-corrected chi connectivity index (χ1v) is 8.14. The van der Waals surface area contributed by atoms with Crippen molar-refractivity contribution < 1.29 is 18.7 Å². The molecule has 0 aliphatic carbocycles. The maximum absolute atomic E-state index is 12.8. The number of anilines is 1. The number of ketones is 1. The van der Waals surface area contributed by atoms with Crippen molar-refractivity contribution >= 4 is 17.4 Å². The van der Waals surface area contributed by atoms with Crippen LogP contribution in [0, 0.1) is 11.7 Å². The summed E-state index contributed by atoms with van der Waals surface area (Å²) in [6.45, 7) is 3.94. The molecule has 132 valence electrons. The van der Waals surface area contributed by atoms with E-state index in [4.69, 9.17) is 4.74 Å². The number of Topliss-reactive ketones (excluding diaryl/α,β-unsaturated/α-hetero) is 1. The lowest BCUT2D eigenvalue weighted by Crippen LogP contribution is -2.17. The molecule has 1 N–H and O–H groups in total. The van der Waals surface area contributed by atoms with Crippen LogP contribution in [-0.4, -0.2) is 23.3 Å². The Bertz CT molecular complexity index is 730. The first-order valence-electron chi connectivity index (χ1n) is 8.14. The number of benzene rings is 1. The average Bonchev–Trinajstić information content (AvgIpc) is 2.60. The van der Waals surface area contributed by atoms with E-state index >= 15 is 0 Å². The Kier molecular flexibility index (Phi) is 6.62. The van der Waals surface area contributed by atoms with E-state index in [0.29, 0.717) is 30.0 Å². The third-order valence-electron chi connectivity index (χ3n) is 3.52. The molecule has 0 unspecified atom stereocenters. The number of carbonyl (C=O) groups is 2. The third-order valence-corrected chi connectivity index (χ3v) is 3.52. The van der Waals surface area contributed by atoms with Gasteiger partial charge in [-0.15, -0.1) is 0 Å². The summed E-state index contributed by atoms with van der Waals surface area (Å²) in [6.07, 6.45) is 3.75. The minimum absolute atomic E-state index is 0.0666. The molecule has 1 heterocycles. The molecule has 0 aliphatic rings. The van der Waals surface area contributed by atoms with Crippen LogP contribution in [0.15, 0.2) is 42.7 Å².